The van der Waals surface area contributed by atoms with Crippen LogP contribution < -0.4 is 5.32 Å². The molecule has 1 aromatic carbocycles. The number of hydrogen-bond acceptors (Lipinski definition) is 3. The molecule has 2 aliphatic heterocycles. The van der Waals surface area contributed by atoms with E-state index in [1.165, 1.54) is 22.5 Å². The molecule has 0 saturated carbocycles. The predicted molar refractivity (Wildman–Crippen MR) is 93.6 cm³/mol. The Morgan fingerprint density at radius 3 is 2.50 bits per heavy atom. The molecule has 8 heteroatoms. The fraction of sp³-hybridized carbons (Fsp3) is 0.438. The van der Waals surface area contributed by atoms with Gasteiger partial charge in [0.1, 0.15) is 6.04 Å². The molecule has 0 aliphatic carbocycles. The smallest absolute Gasteiger partial charge is 0.244 e. The van der Waals surface area contributed by atoms with Crippen molar-refractivity contribution >= 4 is 39.1 Å². The number of sulfonamides is 1. The largest absolute Gasteiger partial charge is 0.354 e. The van der Waals surface area contributed by atoms with Crippen LogP contribution in [0.1, 0.15) is 19.3 Å². The van der Waals surface area contributed by atoms with E-state index in [0.717, 1.165) is 6.42 Å². The lowest BCUT2D eigenvalue weighted by molar-refractivity contribution is -0.125. The highest BCUT2D eigenvalue weighted by Gasteiger charge is 2.47. The van der Waals surface area contributed by atoms with Gasteiger partial charge in [0.2, 0.25) is 15.9 Å². The Morgan fingerprint density at radius 1 is 1.21 bits per heavy atom. The molecule has 0 spiro atoms. The molecule has 2 aliphatic rings. The molecule has 0 aromatic heterocycles. The second-order valence-electron chi connectivity index (χ2n) is 6.10. The van der Waals surface area contributed by atoms with Gasteiger partial charge in [0, 0.05) is 28.5 Å². The Kier molecular flexibility index (Phi) is 4.93. The summed E-state index contributed by atoms with van der Waals surface area (Å²) in [5.41, 5.74) is 0. The lowest BCUT2D eigenvalue weighted by atomic mass is 9.90. The molecule has 130 valence electrons. The molecule has 1 aromatic rings. The average molecular weight is 389 g/mol. The van der Waals surface area contributed by atoms with Crippen molar-refractivity contribution in [3.8, 4) is 0 Å². The maximum Gasteiger partial charge on any atom is 0.244 e. The van der Waals surface area contributed by atoms with Crippen LogP contribution in [-0.2, 0) is 14.8 Å². The first-order valence-electron chi connectivity index (χ1n) is 7.74. The van der Waals surface area contributed by atoms with E-state index in [0.29, 0.717) is 19.4 Å². The minimum atomic E-state index is -3.91. The fourth-order valence-corrected chi connectivity index (χ4v) is 6.12. The minimum absolute atomic E-state index is 0.00872. The first kappa shape index (κ1) is 17.7. The number of fused-ring (bicyclic) bond motifs is 2. The number of piperidine rings is 1. The maximum absolute atomic E-state index is 13.3. The Bertz CT molecular complexity index is 761. The number of amides is 1. The summed E-state index contributed by atoms with van der Waals surface area (Å²) in [6.07, 6.45) is 3.71. The zero-order valence-corrected chi connectivity index (χ0v) is 15.2. The summed E-state index contributed by atoms with van der Waals surface area (Å²) in [4.78, 5) is 12.4. The maximum atomic E-state index is 13.3. The molecule has 1 N–H and O–H groups in total. The Morgan fingerprint density at radius 2 is 1.88 bits per heavy atom. The SMILES string of the molecule is C=CC1CNC(=O)C2CCCC1N2S(=O)(=O)c1cc(Cl)cc(Cl)c1. The lowest BCUT2D eigenvalue weighted by Gasteiger charge is -2.40. The molecular weight excluding hydrogens is 371 g/mol. The second-order valence-corrected chi connectivity index (χ2v) is 8.81. The number of rotatable bonds is 3. The molecule has 3 unspecified atom stereocenters. The monoisotopic (exact) mass is 388 g/mol. The quantitative estimate of drug-likeness (QED) is 0.809. The number of carbonyl (C=O) groups excluding carboxylic acids is 1. The van der Waals surface area contributed by atoms with Crippen molar-refractivity contribution < 1.29 is 13.2 Å². The lowest BCUT2D eigenvalue weighted by Crippen LogP contribution is -2.54. The van der Waals surface area contributed by atoms with Gasteiger partial charge in [0.25, 0.3) is 0 Å². The summed E-state index contributed by atoms with van der Waals surface area (Å²) >= 11 is 11.9. The van der Waals surface area contributed by atoms with Crippen molar-refractivity contribution in [1.29, 1.82) is 0 Å². The highest BCUT2D eigenvalue weighted by atomic mass is 35.5. The van der Waals surface area contributed by atoms with E-state index < -0.39 is 16.1 Å². The van der Waals surface area contributed by atoms with Gasteiger partial charge < -0.3 is 5.32 Å². The summed E-state index contributed by atoms with van der Waals surface area (Å²) in [7, 11) is -3.91. The van der Waals surface area contributed by atoms with Crippen LogP contribution >= 0.6 is 23.2 Å². The van der Waals surface area contributed by atoms with Gasteiger partial charge in [-0.25, -0.2) is 8.42 Å². The van der Waals surface area contributed by atoms with E-state index in [4.69, 9.17) is 23.2 Å². The first-order chi connectivity index (χ1) is 11.3. The molecule has 2 saturated heterocycles. The highest BCUT2D eigenvalue weighted by molar-refractivity contribution is 7.89. The third-order valence-corrected chi connectivity index (χ3v) is 6.98. The topological polar surface area (TPSA) is 66.5 Å². The van der Waals surface area contributed by atoms with E-state index >= 15 is 0 Å². The van der Waals surface area contributed by atoms with Crippen molar-refractivity contribution in [2.45, 2.75) is 36.2 Å². The van der Waals surface area contributed by atoms with E-state index in [1.54, 1.807) is 6.08 Å². The number of nitrogens with zero attached hydrogens (tertiary/aromatic N) is 1. The Hall–Kier alpha value is -1.08. The fourth-order valence-electron chi connectivity index (χ4n) is 3.51. The van der Waals surface area contributed by atoms with E-state index in [2.05, 4.69) is 11.9 Å². The van der Waals surface area contributed by atoms with Crippen molar-refractivity contribution in [3.63, 3.8) is 0 Å². The predicted octanol–water partition coefficient (Wildman–Crippen LogP) is 2.84. The molecule has 0 radical (unpaired) electrons. The van der Waals surface area contributed by atoms with Crippen LogP contribution in [0, 0.1) is 5.92 Å². The van der Waals surface area contributed by atoms with Crippen LogP contribution in [0.15, 0.2) is 35.7 Å². The minimum Gasteiger partial charge on any atom is -0.354 e. The number of hydrogen-bond donors (Lipinski definition) is 1. The van der Waals surface area contributed by atoms with Crippen LogP contribution in [0.25, 0.3) is 0 Å². The standard InChI is InChI=1S/C16H18Cl2N2O3S/c1-2-10-9-19-16(21)15-5-3-4-14(10)20(15)24(22,23)13-7-11(17)6-12(18)8-13/h2,6-8,10,14-15H,1,3-5,9H2,(H,19,21). The number of nitrogens with one attached hydrogen (secondary N) is 1. The van der Waals surface area contributed by atoms with Crippen LogP contribution in [0.2, 0.25) is 10.0 Å². The molecular formula is C16H18Cl2N2O3S. The van der Waals surface area contributed by atoms with Gasteiger partial charge in [-0.15, -0.1) is 6.58 Å². The van der Waals surface area contributed by atoms with Crippen LogP contribution in [0.5, 0.6) is 0 Å². The average Bonchev–Trinajstić information content (AvgIpc) is 2.61. The van der Waals surface area contributed by atoms with Gasteiger partial charge in [-0.05, 0) is 37.5 Å². The van der Waals surface area contributed by atoms with Gasteiger partial charge in [-0.1, -0.05) is 29.3 Å². The molecule has 3 rings (SSSR count). The van der Waals surface area contributed by atoms with Gasteiger partial charge in [0.15, 0.2) is 0 Å². The molecule has 2 heterocycles. The Balaban J connectivity index is 2.12. The molecule has 24 heavy (non-hydrogen) atoms. The molecule has 1 amide bonds. The normalized spacial score (nSPS) is 28.1. The third-order valence-electron chi connectivity index (χ3n) is 4.63. The number of halogens is 2. The van der Waals surface area contributed by atoms with Crippen molar-refractivity contribution in [2.75, 3.05) is 6.54 Å². The zero-order valence-electron chi connectivity index (χ0n) is 12.9. The van der Waals surface area contributed by atoms with Gasteiger partial charge >= 0.3 is 0 Å². The highest BCUT2D eigenvalue weighted by Crippen LogP contribution is 2.36. The summed E-state index contributed by atoms with van der Waals surface area (Å²) in [6, 6.07) is 3.19. The summed E-state index contributed by atoms with van der Waals surface area (Å²) in [5.74, 6) is -0.399. The van der Waals surface area contributed by atoms with Crippen molar-refractivity contribution in [3.05, 3.63) is 40.9 Å². The zero-order chi connectivity index (χ0) is 17.5. The van der Waals surface area contributed by atoms with E-state index in [9.17, 15) is 13.2 Å². The van der Waals surface area contributed by atoms with Crippen molar-refractivity contribution in [2.24, 2.45) is 5.92 Å². The first-order valence-corrected chi connectivity index (χ1v) is 9.94. The number of carbonyl (C=O) groups is 1. The van der Waals surface area contributed by atoms with E-state index in [1.807, 2.05) is 0 Å². The molecule has 3 atom stereocenters. The summed E-state index contributed by atoms with van der Waals surface area (Å²) < 4.78 is 27.9. The second kappa shape index (κ2) is 6.67. The van der Waals surface area contributed by atoms with Crippen molar-refractivity contribution in [1.82, 2.24) is 9.62 Å². The summed E-state index contributed by atoms with van der Waals surface area (Å²) in [6.45, 7) is 4.20. The molecule has 5 nitrogen and oxygen atoms in total. The molecule has 2 fully saturated rings. The van der Waals surface area contributed by atoms with E-state index in [-0.39, 0.29) is 32.8 Å². The summed E-state index contributed by atoms with van der Waals surface area (Å²) in [5, 5.41) is 3.31. The Labute approximate surface area is 151 Å². The van der Waals surface area contributed by atoms with Crippen LogP contribution in [0.4, 0.5) is 0 Å². The van der Waals surface area contributed by atoms with Gasteiger partial charge in [-0.3, -0.25) is 4.79 Å². The van der Waals surface area contributed by atoms with Gasteiger partial charge in [0.05, 0.1) is 4.90 Å². The molecule has 2 bridgehead atoms. The third kappa shape index (κ3) is 3.08. The van der Waals surface area contributed by atoms with Gasteiger partial charge in [-0.2, -0.15) is 4.31 Å². The van der Waals surface area contributed by atoms with Crippen LogP contribution in [-0.4, -0.2) is 37.3 Å². The number of benzene rings is 1. The van der Waals surface area contributed by atoms with Crippen LogP contribution in [0.3, 0.4) is 0 Å².